The van der Waals surface area contributed by atoms with Gasteiger partial charge in [-0.25, -0.2) is 0 Å². The van der Waals surface area contributed by atoms with Gasteiger partial charge in [0.2, 0.25) is 0 Å². The van der Waals surface area contributed by atoms with E-state index < -0.39 is 0 Å². The van der Waals surface area contributed by atoms with Crippen LogP contribution in [0.15, 0.2) is 10.6 Å². The molecule has 1 aromatic rings. The second-order valence-electron chi connectivity index (χ2n) is 6.98. The van der Waals surface area contributed by atoms with Crippen LogP contribution in [0.1, 0.15) is 50.0 Å². The first-order chi connectivity index (χ1) is 8.71. The summed E-state index contributed by atoms with van der Waals surface area (Å²) in [7, 11) is 0. The minimum absolute atomic E-state index is 0.432. The standard InChI is InChI=1S/C15H22N2O/c1-10-2-14(17-18-10)9-16-15-6-11-3-12(7-15)5-13(4-11)8-15/h2,11-13,16H,3-9H2,1H3. The Bertz CT molecular complexity index is 416. The number of aromatic nitrogens is 1. The van der Waals surface area contributed by atoms with Gasteiger partial charge in [-0.1, -0.05) is 5.16 Å². The first kappa shape index (κ1) is 11.0. The maximum atomic E-state index is 5.15. The lowest BCUT2D eigenvalue weighted by Gasteiger charge is -2.57. The summed E-state index contributed by atoms with van der Waals surface area (Å²) >= 11 is 0. The second-order valence-corrected chi connectivity index (χ2v) is 6.98. The van der Waals surface area contributed by atoms with E-state index in [1.54, 1.807) is 0 Å². The summed E-state index contributed by atoms with van der Waals surface area (Å²) in [5.41, 5.74) is 1.49. The number of hydrogen-bond donors (Lipinski definition) is 1. The molecule has 0 spiro atoms. The maximum absolute atomic E-state index is 5.15. The fraction of sp³-hybridized carbons (Fsp3) is 0.800. The summed E-state index contributed by atoms with van der Waals surface area (Å²) in [6.45, 7) is 2.84. The molecule has 98 valence electrons. The average Bonchev–Trinajstić information content (AvgIpc) is 2.71. The molecular formula is C15H22N2O. The van der Waals surface area contributed by atoms with E-state index in [2.05, 4.69) is 10.5 Å². The number of aryl methyl sites for hydroxylation is 1. The molecule has 4 aliphatic carbocycles. The molecule has 3 heteroatoms. The van der Waals surface area contributed by atoms with Crippen LogP contribution >= 0.6 is 0 Å². The minimum atomic E-state index is 0.432. The highest BCUT2D eigenvalue weighted by molar-refractivity contribution is 5.09. The molecule has 3 nitrogen and oxygen atoms in total. The molecule has 1 heterocycles. The Kier molecular flexibility index (Phi) is 2.35. The van der Waals surface area contributed by atoms with Crippen molar-refractivity contribution in [3.63, 3.8) is 0 Å². The maximum Gasteiger partial charge on any atom is 0.133 e. The Balaban J connectivity index is 1.47. The van der Waals surface area contributed by atoms with Crippen molar-refractivity contribution >= 4 is 0 Å². The summed E-state index contributed by atoms with van der Waals surface area (Å²) in [6, 6.07) is 2.05. The number of rotatable bonds is 3. The quantitative estimate of drug-likeness (QED) is 0.890. The smallest absolute Gasteiger partial charge is 0.133 e. The number of nitrogens with zero attached hydrogens (tertiary/aromatic N) is 1. The molecule has 0 amide bonds. The summed E-state index contributed by atoms with van der Waals surface area (Å²) < 4.78 is 5.15. The molecule has 0 aliphatic heterocycles. The van der Waals surface area contributed by atoms with Crippen LogP contribution in [-0.4, -0.2) is 10.7 Å². The van der Waals surface area contributed by atoms with Crippen LogP contribution in [0.3, 0.4) is 0 Å². The Morgan fingerprint density at radius 2 is 1.83 bits per heavy atom. The highest BCUT2D eigenvalue weighted by atomic mass is 16.5. The first-order valence-corrected chi connectivity index (χ1v) is 7.38. The summed E-state index contributed by atoms with van der Waals surface area (Å²) in [5, 5.41) is 7.93. The lowest BCUT2D eigenvalue weighted by molar-refractivity contribution is -0.0208. The zero-order chi connectivity index (χ0) is 12.2. The predicted molar refractivity (Wildman–Crippen MR) is 69.0 cm³/mol. The van der Waals surface area contributed by atoms with Gasteiger partial charge < -0.3 is 9.84 Å². The predicted octanol–water partition coefficient (Wildman–Crippen LogP) is 3.04. The zero-order valence-corrected chi connectivity index (χ0v) is 11.1. The van der Waals surface area contributed by atoms with Gasteiger partial charge in [0.25, 0.3) is 0 Å². The molecule has 1 N–H and O–H groups in total. The van der Waals surface area contributed by atoms with Crippen LogP contribution < -0.4 is 5.32 Å². The third-order valence-corrected chi connectivity index (χ3v) is 5.36. The Hall–Kier alpha value is -0.830. The third kappa shape index (κ3) is 1.80. The molecule has 0 unspecified atom stereocenters. The third-order valence-electron chi connectivity index (χ3n) is 5.36. The van der Waals surface area contributed by atoms with Gasteiger partial charge in [0.1, 0.15) is 5.76 Å². The molecule has 5 rings (SSSR count). The fourth-order valence-corrected chi connectivity index (χ4v) is 5.11. The highest BCUT2D eigenvalue weighted by Gasteiger charge is 2.50. The van der Waals surface area contributed by atoms with Crippen LogP contribution in [0, 0.1) is 24.7 Å². The van der Waals surface area contributed by atoms with E-state index >= 15 is 0 Å². The largest absolute Gasteiger partial charge is 0.361 e. The monoisotopic (exact) mass is 246 g/mol. The second kappa shape index (κ2) is 3.83. The number of nitrogens with one attached hydrogen (secondary N) is 1. The molecule has 18 heavy (non-hydrogen) atoms. The van der Waals surface area contributed by atoms with Crippen LogP contribution in [0.25, 0.3) is 0 Å². The van der Waals surface area contributed by atoms with Crippen molar-refractivity contribution < 1.29 is 4.52 Å². The van der Waals surface area contributed by atoms with E-state index in [-0.39, 0.29) is 0 Å². The Morgan fingerprint density at radius 1 is 1.22 bits per heavy atom. The van der Waals surface area contributed by atoms with Crippen LogP contribution in [-0.2, 0) is 6.54 Å². The van der Waals surface area contributed by atoms with Gasteiger partial charge >= 0.3 is 0 Å². The topological polar surface area (TPSA) is 38.1 Å². The van der Waals surface area contributed by atoms with Gasteiger partial charge in [-0.2, -0.15) is 0 Å². The van der Waals surface area contributed by atoms with Crippen molar-refractivity contribution in [1.82, 2.24) is 10.5 Å². The summed E-state index contributed by atoms with van der Waals surface area (Å²) in [6.07, 6.45) is 8.71. The van der Waals surface area contributed by atoms with Gasteiger partial charge in [-0.15, -0.1) is 0 Å². The SMILES string of the molecule is Cc1cc(CNC23CC4CC(CC(C4)C2)C3)no1. The van der Waals surface area contributed by atoms with Crippen molar-refractivity contribution in [1.29, 1.82) is 0 Å². The molecular weight excluding hydrogens is 224 g/mol. The van der Waals surface area contributed by atoms with Crippen LogP contribution in [0.2, 0.25) is 0 Å². The van der Waals surface area contributed by atoms with Crippen molar-refractivity contribution in [3.8, 4) is 0 Å². The highest BCUT2D eigenvalue weighted by Crippen LogP contribution is 2.55. The van der Waals surface area contributed by atoms with Gasteiger partial charge in [0.15, 0.2) is 0 Å². The van der Waals surface area contributed by atoms with E-state index in [4.69, 9.17) is 4.52 Å². The van der Waals surface area contributed by atoms with Crippen molar-refractivity contribution in [3.05, 3.63) is 17.5 Å². The fourth-order valence-electron chi connectivity index (χ4n) is 5.11. The van der Waals surface area contributed by atoms with Gasteiger partial charge in [0.05, 0.1) is 5.69 Å². The first-order valence-electron chi connectivity index (χ1n) is 7.38. The zero-order valence-electron chi connectivity index (χ0n) is 11.1. The Morgan fingerprint density at radius 3 is 2.33 bits per heavy atom. The number of hydrogen-bond acceptors (Lipinski definition) is 3. The van der Waals surface area contributed by atoms with Crippen molar-refractivity contribution in [2.75, 3.05) is 0 Å². The summed E-state index contributed by atoms with van der Waals surface area (Å²) in [4.78, 5) is 0. The molecule has 0 atom stereocenters. The molecule has 4 bridgehead atoms. The molecule has 0 saturated heterocycles. The van der Waals surface area contributed by atoms with Crippen molar-refractivity contribution in [2.45, 2.75) is 57.5 Å². The average molecular weight is 246 g/mol. The van der Waals surface area contributed by atoms with E-state index in [0.29, 0.717) is 5.54 Å². The molecule has 4 aliphatic rings. The normalized spacial score (nSPS) is 41.5. The molecule has 0 aromatic carbocycles. The van der Waals surface area contributed by atoms with Gasteiger partial charge in [-0.05, 0) is 63.2 Å². The molecule has 1 aromatic heterocycles. The molecule has 0 radical (unpaired) electrons. The van der Waals surface area contributed by atoms with E-state index in [0.717, 1.165) is 35.8 Å². The van der Waals surface area contributed by atoms with Crippen molar-refractivity contribution in [2.24, 2.45) is 17.8 Å². The minimum Gasteiger partial charge on any atom is -0.361 e. The van der Waals surface area contributed by atoms with Gasteiger partial charge in [0, 0.05) is 18.2 Å². The van der Waals surface area contributed by atoms with E-state index in [9.17, 15) is 0 Å². The molecule has 4 saturated carbocycles. The van der Waals surface area contributed by atoms with E-state index in [1.807, 2.05) is 13.0 Å². The Labute approximate surface area is 108 Å². The van der Waals surface area contributed by atoms with Gasteiger partial charge in [-0.3, -0.25) is 0 Å². The van der Waals surface area contributed by atoms with Crippen LogP contribution in [0.5, 0.6) is 0 Å². The lowest BCUT2D eigenvalue weighted by atomic mass is 9.53. The summed E-state index contributed by atoms with van der Waals surface area (Å²) in [5.74, 6) is 3.92. The van der Waals surface area contributed by atoms with Crippen LogP contribution in [0.4, 0.5) is 0 Å². The van der Waals surface area contributed by atoms with E-state index in [1.165, 1.54) is 38.5 Å². The lowest BCUT2D eigenvalue weighted by Crippen LogP contribution is -2.58. The molecule has 4 fully saturated rings.